The van der Waals surface area contributed by atoms with Gasteiger partial charge in [0.1, 0.15) is 6.04 Å². The Bertz CT molecular complexity index is 771. The Kier molecular flexibility index (Phi) is 4.85. The number of nitrogens with zero attached hydrogens (tertiary/aromatic N) is 1. The van der Waals surface area contributed by atoms with Crippen molar-refractivity contribution in [2.45, 2.75) is 51.5 Å². The summed E-state index contributed by atoms with van der Waals surface area (Å²) in [6.45, 7) is 2.33. The molecule has 1 aromatic carbocycles. The molecule has 5 rings (SSSR count). The van der Waals surface area contributed by atoms with Gasteiger partial charge in [-0.15, -0.1) is 0 Å². The molecule has 7 heteroatoms. The lowest BCUT2D eigenvalue weighted by atomic mass is 9.49. The van der Waals surface area contributed by atoms with Crippen LogP contribution in [0.1, 0.15) is 55.8 Å². The SMILES string of the molecule is C[C@H](NC(=O)c1cccc([N+](=O)[O-])c1)C(=O)NCC12CC3CC(CC(C3)C1)C2. The van der Waals surface area contributed by atoms with Crippen molar-refractivity contribution in [3.63, 3.8) is 0 Å². The Labute approximate surface area is 164 Å². The zero-order chi connectivity index (χ0) is 19.9. The van der Waals surface area contributed by atoms with Gasteiger partial charge in [0, 0.05) is 24.2 Å². The van der Waals surface area contributed by atoms with E-state index in [1.165, 1.54) is 62.8 Å². The summed E-state index contributed by atoms with van der Waals surface area (Å²) in [5.41, 5.74) is 0.273. The number of nitro benzene ring substituents is 1. The Morgan fingerprint density at radius 2 is 1.79 bits per heavy atom. The molecule has 4 aliphatic carbocycles. The Morgan fingerprint density at radius 3 is 2.36 bits per heavy atom. The summed E-state index contributed by atoms with van der Waals surface area (Å²) in [6.07, 6.45) is 7.74. The first-order valence-corrected chi connectivity index (χ1v) is 10.2. The van der Waals surface area contributed by atoms with Gasteiger partial charge in [-0.25, -0.2) is 0 Å². The smallest absolute Gasteiger partial charge is 0.270 e. The van der Waals surface area contributed by atoms with Gasteiger partial charge < -0.3 is 10.6 Å². The molecule has 2 N–H and O–H groups in total. The van der Waals surface area contributed by atoms with Crippen LogP contribution in [0.2, 0.25) is 0 Å². The lowest BCUT2D eigenvalue weighted by Gasteiger charge is -2.57. The number of hydrogen-bond acceptors (Lipinski definition) is 4. The highest BCUT2D eigenvalue weighted by atomic mass is 16.6. The third-order valence-corrected chi connectivity index (χ3v) is 6.86. The van der Waals surface area contributed by atoms with Gasteiger partial charge in [-0.1, -0.05) is 6.07 Å². The molecular weight excluding hydrogens is 358 g/mol. The van der Waals surface area contributed by atoms with Crippen LogP contribution in [0.15, 0.2) is 24.3 Å². The number of carbonyl (C=O) groups is 2. The largest absolute Gasteiger partial charge is 0.354 e. The van der Waals surface area contributed by atoms with E-state index in [1.807, 2.05) is 0 Å². The highest BCUT2D eigenvalue weighted by molar-refractivity contribution is 5.97. The highest BCUT2D eigenvalue weighted by Crippen LogP contribution is 2.59. The molecule has 4 aliphatic rings. The number of amides is 2. The molecule has 0 aromatic heterocycles. The maximum atomic E-state index is 12.5. The quantitative estimate of drug-likeness (QED) is 0.580. The second-order valence-corrected chi connectivity index (χ2v) is 9.14. The number of nitrogens with one attached hydrogen (secondary N) is 2. The van der Waals surface area contributed by atoms with Crippen molar-refractivity contribution in [1.82, 2.24) is 10.6 Å². The van der Waals surface area contributed by atoms with Gasteiger partial charge in [0.05, 0.1) is 4.92 Å². The molecule has 1 aromatic rings. The summed E-state index contributed by atoms with van der Waals surface area (Å²) in [6, 6.07) is 4.82. The lowest BCUT2D eigenvalue weighted by molar-refractivity contribution is -0.384. The summed E-state index contributed by atoms with van der Waals surface area (Å²) in [5.74, 6) is 1.80. The number of carbonyl (C=O) groups excluding carboxylic acids is 2. The zero-order valence-corrected chi connectivity index (χ0v) is 16.1. The van der Waals surface area contributed by atoms with Gasteiger partial charge in [0.2, 0.25) is 5.91 Å². The molecule has 1 atom stereocenters. The van der Waals surface area contributed by atoms with Crippen molar-refractivity contribution < 1.29 is 14.5 Å². The summed E-state index contributed by atoms with van der Waals surface area (Å²) >= 11 is 0. The van der Waals surface area contributed by atoms with E-state index in [0.29, 0.717) is 6.54 Å². The van der Waals surface area contributed by atoms with Crippen molar-refractivity contribution in [3.05, 3.63) is 39.9 Å². The fraction of sp³-hybridized carbons (Fsp3) is 0.619. The normalized spacial score (nSPS) is 31.2. The third-order valence-electron chi connectivity index (χ3n) is 6.86. The predicted molar refractivity (Wildman–Crippen MR) is 104 cm³/mol. The van der Waals surface area contributed by atoms with E-state index >= 15 is 0 Å². The zero-order valence-electron chi connectivity index (χ0n) is 16.1. The van der Waals surface area contributed by atoms with Crippen LogP contribution in [0.3, 0.4) is 0 Å². The second-order valence-electron chi connectivity index (χ2n) is 9.14. The molecule has 4 saturated carbocycles. The van der Waals surface area contributed by atoms with E-state index in [1.54, 1.807) is 6.92 Å². The third kappa shape index (κ3) is 3.75. The molecule has 0 aliphatic heterocycles. The Hall–Kier alpha value is -2.44. The number of benzene rings is 1. The van der Waals surface area contributed by atoms with Gasteiger partial charge in [-0.05, 0) is 74.7 Å². The first-order valence-electron chi connectivity index (χ1n) is 10.2. The van der Waals surface area contributed by atoms with Gasteiger partial charge >= 0.3 is 0 Å². The monoisotopic (exact) mass is 385 g/mol. The van der Waals surface area contributed by atoms with Crippen molar-refractivity contribution in [2.24, 2.45) is 23.2 Å². The molecule has 2 amide bonds. The van der Waals surface area contributed by atoms with E-state index in [9.17, 15) is 19.7 Å². The lowest BCUT2D eigenvalue weighted by Crippen LogP contribution is -2.53. The molecule has 0 saturated heterocycles. The van der Waals surface area contributed by atoms with E-state index in [2.05, 4.69) is 10.6 Å². The van der Waals surface area contributed by atoms with E-state index in [4.69, 9.17) is 0 Å². The maximum absolute atomic E-state index is 12.5. The summed E-state index contributed by atoms with van der Waals surface area (Å²) in [4.78, 5) is 35.2. The molecule has 7 nitrogen and oxygen atoms in total. The predicted octanol–water partition coefficient (Wildman–Crippen LogP) is 3.05. The molecule has 0 heterocycles. The molecule has 0 unspecified atom stereocenters. The van der Waals surface area contributed by atoms with Crippen LogP contribution < -0.4 is 10.6 Å². The minimum atomic E-state index is -0.694. The Balaban J connectivity index is 1.32. The first kappa shape index (κ1) is 18.9. The van der Waals surface area contributed by atoms with Gasteiger partial charge in [-0.3, -0.25) is 19.7 Å². The van der Waals surface area contributed by atoms with Crippen LogP contribution in [-0.4, -0.2) is 29.3 Å². The van der Waals surface area contributed by atoms with Crippen LogP contribution in [0.5, 0.6) is 0 Å². The molecule has 4 bridgehead atoms. The highest BCUT2D eigenvalue weighted by Gasteiger charge is 2.50. The summed E-state index contributed by atoms with van der Waals surface area (Å²) in [5, 5.41) is 16.6. The van der Waals surface area contributed by atoms with Gasteiger partial charge in [-0.2, -0.15) is 0 Å². The average Bonchev–Trinajstić information content (AvgIpc) is 2.65. The minimum absolute atomic E-state index is 0.147. The number of non-ortho nitro benzene ring substituents is 1. The second kappa shape index (κ2) is 7.18. The average molecular weight is 385 g/mol. The van der Waals surface area contributed by atoms with Crippen molar-refractivity contribution in [1.29, 1.82) is 0 Å². The molecular formula is C21H27N3O4. The number of hydrogen-bond donors (Lipinski definition) is 2. The van der Waals surface area contributed by atoms with Crippen LogP contribution in [-0.2, 0) is 4.79 Å². The molecule has 4 fully saturated rings. The molecule has 0 radical (unpaired) electrons. The topological polar surface area (TPSA) is 101 Å². The van der Waals surface area contributed by atoms with E-state index in [0.717, 1.165) is 17.8 Å². The van der Waals surface area contributed by atoms with E-state index < -0.39 is 16.9 Å². The number of rotatable bonds is 6. The standard InChI is InChI=1S/C21H27N3O4/c1-13(23-20(26)17-3-2-4-18(8-17)24(27)28)19(25)22-12-21-9-14-5-15(10-21)7-16(6-14)11-21/h2-4,8,13-16H,5-7,9-12H2,1H3,(H,22,25)(H,23,26)/t13-,14?,15?,16?,21?/m0/s1. The minimum Gasteiger partial charge on any atom is -0.354 e. The van der Waals surface area contributed by atoms with Crippen molar-refractivity contribution >= 4 is 17.5 Å². The fourth-order valence-electron chi connectivity index (χ4n) is 6.04. The summed E-state index contributed by atoms with van der Waals surface area (Å²) < 4.78 is 0. The van der Waals surface area contributed by atoms with Crippen LogP contribution >= 0.6 is 0 Å². The molecule has 150 valence electrons. The van der Waals surface area contributed by atoms with Crippen LogP contribution in [0.4, 0.5) is 5.69 Å². The van der Waals surface area contributed by atoms with Crippen LogP contribution in [0, 0.1) is 33.3 Å². The Morgan fingerprint density at radius 1 is 1.18 bits per heavy atom. The van der Waals surface area contributed by atoms with E-state index in [-0.39, 0.29) is 22.6 Å². The van der Waals surface area contributed by atoms with Gasteiger partial charge in [0.25, 0.3) is 11.6 Å². The maximum Gasteiger partial charge on any atom is 0.270 e. The van der Waals surface area contributed by atoms with Crippen molar-refractivity contribution in [3.8, 4) is 0 Å². The first-order chi connectivity index (χ1) is 13.3. The molecule has 28 heavy (non-hydrogen) atoms. The molecule has 0 spiro atoms. The van der Waals surface area contributed by atoms with Gasteiger partial charge in [0.15, 0.2) is 0 Å². The fourth-order valence-corrected chi connectivity index (χ4v) is 6.04. The number of nitro groups is 1. The van der Waals surface area contributed by atoms with Crippen molar-refractivity contribution in [2.75, 3.05) is 6.54 Å². The van der Waals surface area contributed by atoms with Crippen LogP contribution in [0.25, 0.3) is 0 Å². The summed E-state index contributed by atoms with van der Waals surface area (Å²) in [7, 11) is 0.